The van der Waals surface area contributed by atoms with Gasteiger partial charge in [-0.25, -0.2) is 0 Å². The maximum Gasteiger partial charge on any atom is 0.304 e. The van der Waals surface area contributed by atoms with Crippen molar-refractivity contribution in [3.8, 4) is 0 Å². The Morgan fingerprint density at radius 1 is 1.04 bits per heavy atom. The van der Waals surface area contributed by atoms with Gasteiger partial charge in [0.2, 0.25) is 5.91 Å². The normalized spacial score (nSPS) is 15.6. The molecule has 1 aliphatic rings. The second-order valence-electron chi connectivity index (χ2n) is 5.92. The molecule has 1 aliphatic heterocycles. The van der Waals surface area contributed by atoms with Crippen molar-refractivity contribution in [3.63, 3.8) is 0 Å². The summed E-state index contributed by atoms with van der Waals surface area (Å²) in [5.74, 6) is -0.674. The van der Waals surface area contributed by atoms with Gasteiger partial charge < -0.3 is 10.0 Å². The molecule has 0 aromatic carbocycles. The highest BCUT2D eigenvalue weighted by atomic mass is 35.5. The standard InChI is InChI=1S/C17H30N2O3.ClH/c1-2-3-4-5-6-7-8-9-16(20)19-14-12-18(13-15-19)11-10-17(21)22;/h8-9H,2-7,10-15H2,1H3,(H,21,22);1H. The van der Waals surface area contributed by atoms with E-state index in [1.54, 1.807) is 6.08 Å². The number of carboxylic acid groups (broad SMARTS) is 1. The van der Waals surface area contributed by atoms with Crippen LogP contribution in [0, 0.1) is 0 Å². The van der Waals surface area contributed by atoms with Crippen molar-refractivity contribution >= 4 is 24.3 Å². The van der Waals surface area contributed by atoms with Crippen molar-refractivity contribution in [1.82, 2.24) is 9.80 Å². The van der Waals surface area contributed by atoms with Gasteiger partial charge in [0.15, 0.2) is 0 Å². The van der Waals surface area contributed by atoms with E-state index < -0.39 is 5.97 Å². The number of carbonyl (C=O) groups excluding carboxylic acids is 1. The van der Waals surface area contributed by atoms with Crippen LogP contribution in [0.3, 0.4) is 0 Å². The predicted molar refractivity (Wildman–Crippen MR) is 95.0 cm³/mol. The van der Waals surface area contributed by atoms with Crippen LogP contribution in [-0.2, 0) is 9.59 Å². The van der Waals surface area contributed by atoms with Gasteiger partial charge in [-0.15, -0.1) is 12.4 Å². The molecule has 1 heterocycles. The van der Waals surface area contributed by atoms with Crippen LogP contribution in [0.25, 0.3) is 0 Å². The van der Waals surface area contributed by atoms with E-state index >= 15 is 0 Å². The number of amides is 1. The van der Waals surface area contributed by atoms with E-state index in [1.165, 1.54) is 25.7 Å². The highest BCUT2D eigenvalue weighted by Gasteiger charge is 2.19. The summed E-state index contributed by atoms with van der Waals surface area (Å²) in [5, 5.41) is 8.67. The Kier molecular flexibility index (Phi) is 12.8. The lowest BCUT2D eigenvalue weighted by atomic mass is 10.1. The molecular formula is C17H31ClN2O3. The SMILES string of the molecule is CCCCCCCC=CC(=O)N1CCN(CCC(=O)O)CC1.Cl. The van der Waals surface area contributed by atoms with Crippen molar-refractivity contribution in [1.29, 1.82) is 0 Å². The Hall–Kier alpha value is -1.07. The molecule has 134 valence electrons. The number of halogens is 1. The molecule has 0 saturated carbocycles. The average Bonchev–Trinajstić information content (AvgIpc) is 2.52. The van der Waals surface area contributed by atoms with Gasteiger partial charge in [-0.05, 0) is 18.9 Å². The largest absolute Gasteiger partial charge is 0.481 e. The summed E-state index contributed by atoms with van der Waals surface area (Å²) in [6.07, 6.45) is 11.1. The van der Waals surface area contributed by atoms with Crippen LogP contribution in [-0.4, -0.2) is 59.5 Å². The topological polar surface area (TPSA) is 60.9 Å². The Bertz CT molecular complexity index is 367. The molecule has 1 rings (SSSR count). The maximum absolute atomic E-state index is 12.0. The zero-order valence-electron chi connectivity index (χ0n) is 14.2. The zero-order valence-corrected chi connectivity index (χ0v) is 15.0. The molecule has 0 aromatic rings. The van der Waals surface area contributed by atoms with Crippen LogP contribution in [0.15, 0.2) is 12.2 Å². The van der Waals surface area contributed by atoms with E-state index in [1.807, 2.05) is 11.0 Å². The van der Waals surface area contributed by atoms with Crippen molar-refractivity contribution in [2.75, 3.05) is 32.7 Å². The first kappa shape index (κ1) is 21.9. The molecule has 0 aliphatic carbocycles. The van der Waals surface area contributed by atoms with Gasteiger partial charge >= 0.3 is 5.97 Å². The average molecular weight is 347 g/mol. The third-order valence-corrected chi connectivity index (χ3v) is 4.06. The molecule has 1 fully saturated rings. The van der Waals surface area contributed by atoms with Gasteiger partial charge in [-0.1, -0.05) is 38.7 Å². The van der Waals surface area contributed by atoms with E-state index in [9.17, 15) is 9.59 Å². The van der Waals surface area contributed by atoms with Crippen molar-refractivity contribution < 1.29 is 14.7 Å². The third kappa shape index (κ3) is 10.3. The molecule has 0 radical (unpaired) electrons. The summed E-state index contributed by atoms with van der Waals surface area (Å²) >= 11 is 0. The molecule has 1 saturated heterocycles. The summed E-state index contributed by atoms with van der Waals surface area (Å²) in [6.45, 7) is 5.71. The van der Waals surface area contributed by atoms with E-state index in [0.717, 1.165) is 25.9 Å². The number of unbranched alkanes of at least 4 members (excludes halogenated alkanes) is 5. The second kappa shape index (κ2) is 13.4. The first-order valence-corrected chi connectivity index (χ1v) is 8.53. The molecular weight excluding hydrogens is 316 g/mol. The number of rotatable bonds is 10. The van der Waals surface area contributed by atoms with Gasteiger partial charge in [0, 0.05) is 32.7 Å². The lowest BCUT2D eigenvalue weighted by molar-refractivity contribution is -0.138. The van der Waals surface area contributed by atoms with Crippen LogP contribution >= 0.6 is 12.4 Å². The summed E-state index contributed by atoms with van der Waals surface area (Å²) in [5.41, 5.74) is 0. The monoisotopic (exact) mass is 346 g/mol. The van der Waals surface area contributed by atoms with Crippen LogP contribution in [0.1, 0.15) is 51.9 Å². The van der Waals surface area contributed by atoms with Gasteiger partial charge in [0.1, 0.15) is 0 Å². The molecule has 5 nitrogen and oxygen atoms in total. The quantitative estimate of drug-likeness (QED) is 0.488. The maximum atomic E-state index is 12.0. The number of nitrogens with zero attached hydrogens (tertiary/aromatic N) is 2. The number of allylic oxidation sites excluding steroid dienone is 1. The fourth-order valence-corrected chi connectivity index (χ4v) is 2.60. The molecule has 0 atom stereocenters. The first-order valence-electron chi connectivity index (χ1n) is 8.53. The van der Waals surface area contributed by atoms with E-state index in [-0.39, 0.29) is 24.7 Å². The smallest absolute Gasteiger partial charge is 0.304 e. The van der Waals surface area contributed by atoms with Crippen molar-refractivity contribution in [3.05, 3.63) is 12.2 Å². The predicted octanol–water partition coefficient (Wildman–Crippen LogP) is 2.94. The fourth-order valence-electron chi connectivity index (χ4n) is 2.60. The lowest BCUT2D eigenvalue weighted by Gasteiger charge is -2.33. The highest BCUT2D eigenvalue weighted by Crippen LogP contribution is 2.07. The van der Waals surface area contributed by atoms with Crippen LogP contribution < -0.4 is 0 Å². The molecule has 0 unspecified atom stereocenters. The van der Waals surface area contributed by atoms with Crippen LogP contribution in [0.4, 0.5) is 0 Å². The molecule has 1 amide bonds. The Labute approximate surface area is 146 Å². The zero-order chi connectivity index (χ0) is 16.2. The van der Waals surface area contributed by atoms with Crippen molar-refractivity contribution in [2.45, 2.75) is 51.9 Å². The number of hydrogen-bond donors (Lipinski definition) is 1. The lowest BCUT2D eigenvalue weighted by Crippen LogP contribution is -2.48. The van der Waals surface area contributed by atoms with E-state index in [2.05, 4.69) is 11.8 Å². The minimum absolute atomic E-state index is 0. The van der Waals surface area contributed by atoms with Gasteiger partial charge in [0.05, 0.1) is 6.42 Å². The van der Waals surface area contributed by atoms with Gasteiger partial charge in [-0.2, -0.15) is 0 Å². The van der Waals surface area contributed by atoms with E-state index in [0.29, 0.717) is 19.6 Å². The number of aliphatic carboxylic acids is 1. The molecule has 0 aromatic heterocycles. The molecule has 1 N–H and O–H groups in total. The van der Waals surface area contributed by atoms with Gasteiger partial charge in [0.25, 0.3) is 0 Å². The first-order chi connectivity index (χ1) is 10.6. The van der Waals surface area contributed by atoms with Gasteiger partial charge in [-0.3, -0.25) is 14.5 Å². The highest BCUT2D eigenvalue weighted by molar-refractivity contribution is 5.87. The van der Waals surface area contributed by atoms with Crippen molar-refractivity contribution in [2.24, 2.45) is 0 Å². The van der Waals surface area contributed by atoms with Crippen LogP contribution in [0.2, 0.25) is 0 Å². The minimum Gasteiger partial charge on any atom is -0.481 e. The minimum atomic E-state index is -0.764. The summed E-state index contributed by atoms with van der Waals surface area (Å²) in [6, 6.07) is 0. The second-order valence-corrected chi connectivity index (χ2v) is 5.92. The molecule has 6 heteroatoms. The molecule has 0 spiro atoms. The third-order valence-electron chi connectivity index (χ3n) is 4.06. The van der Waals surface area contributed by atoms with Crippen LogP contribution in [0.5, 0.6) is 0 Å². The summed E-state index contributed by atoms with van der Waals surface area (Å²) in [4.78, 5) is 26.5. The summed E-state index contributed by atoms with van der Waals surface area (Å²) in [7, 11) is 0. The Morgan fingerprint density at radius 2 is 1.70 bits per heavy atom. The fraction of sp³-hybridized carbons (Fsp3) is 0.765. The number of carbonyl (C=O) groups is 2. The molecule has 23 heavy (non-hydrogen) atoms. The number of carboxylic acids is 1. The number of hydrogen-bond acceptors (Lipinski definition) is 3. The molecule has 0 bridgehead atoms. The van der Waals surface area contributed by atoms with E-state index in [4.69, 9.17) is 5.11 Å². The number of piperazine rings is 1. The Morgan fingerprint density at radius 3 is 2.30 bits per heavy atom. The Balaban J connectivity index is 0.00000484. The summed E-state index contributed by atoms with van der Waals surface area (Å²) < 4.78 is 0.